The lowest BCUT2D eigenvalue weighted by molar-refractivity contribution is 0.0457. The van der Waals surface area contributed by atoms with Gasteiger partial charge in [-0.15, -0.1) is 0 Å². The van der Waals surface area contributed by atoms with Crippen molar-refractivity contribution in [2.45, 2.75) is 86.2 Å². The van der Waals surface area contributed by atoms with Crippen LogP contribution in [0.3, 0.4) is 0 Å². The smallest absolute Gasteiger partial charge is 0.0113 e. The molecule has 3 atom stereocenters. The highest BCUT2D eigenvalue weighted by Crippen LogP contribution is 2.40. The van der Waals surface area contributed by atoms with Crippen molar-refractivity contribution in [3.63, 3.8) is 0 Å². The van der Waals surface area contributed by atoms with Crippen LogP contribution in [0.5, 0.6) is 0 Å². The molecule has 0 amide bonds. The first-order chi connectivity index (χ1) is 9.56. The number of hydrogen-bond acceptors (Lipinski definition) is 2. The van der Waals surface area contributed by atoms with E-state index in [4.69, 9.17) is 0 Å². The van der Waals surface area contributed by atoms with E-state index < -0.39 is 0 Å². The SMILES string of the molecule is CC1CCCC(CNC(C)C)(CN(C)C(C)C(C)(C)C)C1. The summed E-state index contributed by atoms with van der Waals surface area (Å²) in [5.74, 6) is 0.881. The molecular formula is C19H40N2. The minimum Gasteiger partial charge on any atom is -0.314 e. The summed E-state index contributed by atoms with van der Waals surface area (Å²) in [4.78, 5) is 2.61. The summed E-state index contributed by atoms with van der Waals surface area (Å²) in [6.45, 7) is 18.8. The molecule has 2 nitrogen and oxygen atoms in total. The molecule has 0 heterocycles. The predicted molar refractivity (Wildman–Crippen MR) is 94.8 cm³/mol. The molecule has 1 aliphatic carbocycles. The fraction of sp³-hybridized carbons (Fsp3) is 1.00. The molecule has 21 heavy (non-hydrogen) atoms. The van der Waals surface area contributed by atoms with Gasteiger partial charge in [0.1, 0.15) is 0 Å². The Kier molecular flexibility index (Phi) is 6.74. The zero-order chi connectivity index (χ0) is 16.3. The Balaban J connectivity index is 2.77. The van der Waals surface area contributed by atoms with Crippen LogP contribution in [0.4, 0.5) is 0 Å². The molecule has 1 fully saturated rings. The second kappa shape index (κ2) is 7.46. The third kappa shape index (κ3) is 5.90. The van der Waals surface area contributed by atoms with Crippen LogP contribution in [0.1, 0.15) is 74.1 Å². The summed E-state index contributed by atoms with van der Waals surface area (Å²) >= 11 is 0. The van der Waals surface area contributed by atoms with Crippen LogP contribution in [0.15, 0.2) is 0 Å². The van der Waals surface area contributed by atoms with Crippen molar-refractivity contribution in [2.75, 3.05) is 20.1 Å². The fourth-order valence-electron chi connectivity index (χ4n) is 3.88. The van der Waals surface area contributed by atoms with E-state index in [0.717, 1.165) is 5.92 Å². The van der Waals surface area contributed by atoms with E-state index in [1.807, 2.05) is 0 Å². The van der Waals surface area contributed by atoms with Gasteiger partial charge < -0.3 is 10.2 Å². The van der Waals surface area contributed by atoms with Gasteiger partial charge in [0.25, 0.3) is 0 Å². The van der Waals surface area contributed by atoms with Gasteiger partial charge in [0.05, 0.1) is 0 Å². The first kappa shape index (κ1) is 19.0. The van der Waals surface area contributed by atoms with Crippen LogP contribution in [0.2, 0.25) is 0 Å². The Morgan fingerprint density at radius 3 is 2.33 bits per heavy atom. The second-order valence-corrected chi connectivity index (χ2v) is 9.19. The fourth-order valence-corrected chi connectivity index (χ4v) is 3.88. The van der Waals surface area contributed by atoms with Gasteiger partial charge in [-0.2, -0.15) is 0 Å². The Morgan fingerprint density at radius 2 is 1.86 bits per heavy atom. The molecule has 1 N–H and O–H groups in total. The average Bonchev–Trinajstić information content (AvgIpc) is 2.34. The highest BCUT2D eigenvalue weighted by molar-refractivity contribution is 4.92. The molecule has 0 radical (unpaired) electrons. The molecule has 2 heteroatoms. The molecule has 0 aromatic rings. The van der Waals surface area contributed by atoms with E-state index in [-0.39, 0.29) is 0 Å². The summed E-state index contributed by atoms with van der Waals surface area (Å²) < 4.78 is 0. The molecule has 0 aliphatic heterocycles. The van der Waals surface area contributed by atoms with Crippen molar-refractivity contribution in [1.29, 1.82) is 0 Å². The highest BCUT2D eigenvalue weighted by atomic mass is 15.1. The first-order valence-electron chi connectivity index (χ1n) is 8.99. The third-order valence-corrected chi connectivity index (χ3v) is 5.57. The van der Waals surface area contributed by atoms with Crippen molar-refractivity contribution in [2.24, 2.45) is 16.7 Å². The molecule has 0 saturated heterocycles. The van der Waals surface area contributed by atoms with Crippen LogP contribution in [-0.2, 0) is 0 Å². The van der Waals surface area contributed by atoms with E-state index in [2.05, 4.69) is 65.7 Å². The lowest BCUT2D eigenvalue weighted by atomic mass is 9.69. The Morgan fingerprint density at radius 1 is 1.24 bits per heavy atom. The third-order valence-electron chi connectivity index (χ3n) is 5.57. The Hall–Kier alpha value is -0.0800. The minimum atomic E-state index is 0.349. The second-order valence-electron chi connectivity index (χ2n) is 9.19. The maximum Gasteiger partial charge on any atom is 0.0113 e. The summed E-state index contributed by atoms with van der Waals surface area (Å²) in [7, 11) is 2.33. The van der Waals surface area contributed by atoms with Gasteiger partial charge in [-0.3, -0.25) is 0 Å². The topological polar surface area (TPSA) is 15.3 Å². The van der Waals surface area contributed by atoms with Crippen molar-refractivity contribution in [3.05, 3.63) is 0 Å². The molecule has 0 aromatic heterocycles. The number of nitrogens with one attached hydrogen (secondary N) is 1. The summed E-state index contributed by atoms with van der Waals surface area (Å²) in [5, 5.41) is 3.73. The van der Waals surface area contributed by atoms with E-state index in [9.17, 15) is 0 Å². The van der Waals surface area contributed by atoms with Crippen molar-refractivity contribution in [1.82, 2.24) is 10.2 Å². The van der Waals surface area contributed by atoms with Gasteiger partial charge in [0, 0.05) is 25.2 Å². The van der Waals surface area contributed by atoms with Gasteiger partial charge in [-0.05, 0) is 43.6 Å². The van der Waals surface area contributed by atoms with Crippen LogP contribution in [-0.4, -0.2) is 37.1 Å². The molecule has 0 spiro atoms. The summed E-state index contributed by atoms with van der Waals surface area (Å²) in [6, 6.07) is 1.20. The zero-order valence-corrected chi connectivity index (χ0v) is 15.9. The average molecular weight is 297 g/mol. The number of nitrogens with zero attached hydrogens (tertiary/aromatic N) is 1. The molecule has 1 rings (SSSR count). The van der Waals surface area contributed by atoms with Gasteiger partial charge in [0.2, 0.25) is 0 Å². The molecule has 1 aliphatic rings. The first-order valence-corrected chi connectivity index (χ1v) is 8.99. The summed E-state index contributed by atoms with van der Waals surface area (Å²) in [6.07, 6.45) is 5.59. The van der Waals surface area contributed by atoms with E-state index in [1.54, 1.807) is 0 Å². The van der Waals surface area contributed by atoms with Gasteiger partial charge in [-0.1, -0.05) is 54.4 Å². The molecule has 0 bridgehead atoms. The highest BCUT2D eigenvalue weighted by Gasteiger charge is 2.37. The van der Waals surface area contributed by atoms with Crippen molar-refractivity contribution < 1.29 is 0 Å². The van der Waals surface area contributed by atoms with Gasteiger partial charge >= 0.3 is 0 Å². The Labute approximate surface area is 134 Å². The molecule has 126 valence electrons. The maximum atomic E-state index is 3.73. The monoisotopic (exact) mass is 296 g/mol. The van der Waals surface area contributed by atoms with Crippen LogP contribution >= 0.6 is 0 Å². The van der Waals surface area contributed by atoms with Crippen molar-refractivity contribution >= 4 is 0 Å². The normalized spacial score (nSPS) is 29.1. The zero-order valence-electron chi connectivity index (χ0n) is 15.9. The van der Waals surface area contributed by atoms with E-state index >= 15 is 0 Å². The number of hydrogen-bond donors (Lipinski definition) is 1. The largest absolute Gasteiger partial charge is 0.314 e. The summed E-state index contributed by atoms with van der Waals surface area (Å²) in [5.41, 5.74) is 0.817. The van der Waals surface area contributed by atoms with Gasteiger partial charge in [0.15, 0.2) is 0 Å². The quantitative estimate of drug-likeness (QED) is 0.773. The lowest BCUT2D eigenvalue weighted by Gasteiger charge is -2.46. The number of rotatable bonds is 6. The molecule has 0 aromatic carbocycles. The maximum absolute atomic E-state index is 3.73. The lowest BCUT2D eigenvalue weighted by Crippen LogP contribution is -2.51. The molecule has 1 saturated carbocycles. The molecular weight excluding hydrogens is 256 g/mol. The standard InChI is InChI=1S/C19H40N2/c1-15(2)20-13-19(11-9-10-16(3)12-19)14-21(8)17(4)18(5,6)7/h15-17,20H,9-14H2,1-8H3. The van der Waals surface area contributed by atoms with Crippen LogP contribution < -0.4 is 5.32 Å². The van der Waals surface area contributed by atoms with Crippen LogP contribution in [0, 0.1) is 16.7 Å². The van der Waals surface area contributed by atoms with Crippen molar-refractivity contribution in [3.8, 4) is 0 Å². The van der Waals surface area contributed by atoms with Crippen LogP contribution in [0.25, 0.3) is 0 Å². The van der Waals surface area contributed by atoms with E-state index in [0.29, 0.717) is 22.9 Å². The molecule has 3 unspecified atom stereocenters. The van der Waals surface area contributed by atoms with E-state index in [1.165, 1.54) is 38.8 Å². The minimum absolute atomic E-state index is 0.349. The Bertz CT molecular complexity index is 305. The van der Waals surface area contributed by atoms with Gasteiger partial charge in [-0.25, -0.2) is 0 Å². The predicted octanol–water partition coefficient (Wildman–Crippen LogP) is 4.55.